The molecule has 1 unspecified atom stereocenters. The third kappa shape index (κ3) is 4.93. The van der Waals surface area contributed by atoms with Crippen LogP contribution in [-0.2, 0) is 9.47 Å². The average molecular weight is 218 g/mol. The fourth-order valence-corrected chi connectivity index (χ4v) is 1.89. The fraction of sp³-hybridized carbons (Fsp3) is 1.00. The molecule has 0 aromatic rings. The second-order valence-corrected chi connectivity index (χ2v) is 4.93. The molecule has 3 atom stereocenters. The van der Waals surface area contributed by atoms with E-state index >= 15 is 0 Å². The quantitative estimate of drug-likeness (QED) is 0.673. The maximum atomic E-state index is 9.87. The highest BCUT2D eigenvalue weighted by Gasteiger charge is 2.28. The molecule has 0 saturated carbocycles. The molecule has 0 aliphatic carbocycles. The van der Waals surface area contributed by atoms with E-state index < -0.39 is 5.79 Å². The second kappa shape index (κ2) is 5.25. The van der Waals surface area contributed by atoms with Gasteiger partial charge in [0.2, 0.25) is 0 Å². The van der Waals surface area contributed by atoms with Gasteiger partial charge in [-0.05, 0) is 12.8 Å². The number of hydrogen-bond donors (Lipinski definition) is 2. The molecule has 0 aromatic heterocycles. The van der Waals surface area contributed by atoms with Crippen LogP contribution >= 0.6 is 0 Å². The standard InChI is InChI=1S/C11H22O4/c1-8(2)5-11(3,13)15-7-10-4-9(12)6-14-10/h8-10,12-13H,4-7H2,1-3H3/t9-,10+,11?/m0/s1. The summed E-state index contributed by atoms with van der Waals surface area (Å²) in [7, 11) is 0. The third-order valence-electron chi connectivity index (χ3n) is 2.43. The minimum atomic E-state index is -1.09. The van der Waals surface area contributed by atoms with Crippen molar-refractivity contribution in [2.45, 2.75) is 51.6 Å². The van der Waals surface area contributed by atoms with Crippen molar-refractivity contribution in [2.75, 3.05) is 13.2 Å². The van der Waals surface area contributed by atoms with Gasteiger partial charge in [-0.3, -0.25) is 0 Å². The van der Waals surface area contributed by atoms with Crippen molar-refractivity contribution in [3.05, 3.63) is 0 Å². The normalized spacial score (nSPS) is 30.8. The Morgan fingerprint density at radius 3 is 2.67 bits per heavy atom. The minimum Gasteiger partial charge on any atom is -0.391 e. The summed E-state index contributed by atoms with van der Waals surface area (Å²) < 4.78 is 10.7. The van der Waals surface area contributed by atoms with E-state index in [0.29, 0.717) is 32.0 Å². The van der Waals surface area contributed by atoms with E-state index in [-0.39, 0.29) is 12.2 Å². The lowest BCUT2D eigenvalue weighted by Gasteiger charge is -2.26. The number of rotatable bonds is 5. The number of hydrogen-bond acceptors (Lipinski definition) is 4. The molecule has 0 amide bonds. The van der Waals surface area contributed by atoms with Crippen molar-refractivity contribution in [3.63, 3.8) is 0 Å². The van der Waals surface area contributed by atoms with E-state index in [4.69, 9.17) is 9.47 Å². The molecule has 1 saturated heterocycles. The zero-order chi connectivity index (χ0) is 11.5. The van der Waals surface area contributed by atoms with Crippen LogP contribution in [0, 0.1) is 5.92 Å². The summed E-state index contributed by atoms with van der Waals surface area (Å²) in [5.74, 6) is -0.708. The predicted molar refractivity (Wildman–Crippen MR) is 56.4 cm³/mol. The van der Waals surface area contributed by atoms with E-state index in [0.717, 1.165) is 0 Å². The van der Waals surface area contributed by atoms with Crippen molar-refractivity contribution in [2.24, 2.45) is 5.92 Å². The Morgan fingerprint density at radius 1 is 1.53 bits per heavy atom. The summed E-state index contributed by atoms with van der Waals surface area (Å²) in [5.41, 5.74) is 0. The van der Waals surface area contributed by atoms with Gasteiger partial charge in [0.25, 0.3) is 0 Å². The highest BCUT2D eigenvalue weighted by Crippen LogP contribution is 2.20. The van der Waals surface area contributed by atoms with Crippen molar-refractivity contribution in [1.82, 2.24) is 0 Å². The Kier molecular flexibility index (Phi) is 4.52. The monoisotopic (exact) mass is 218 g/mol. The summed E-state index contributed by atoms with van der Waals surface area (Å²) in [6.07, 6.45) is 0.729. The van der Waals surface area contributed by atoms with Crippen LogP contribution in [0.5, 0.6) is 0 Å². The van der Waals surface area contributed by atoms with Crippen LogP contribution in [0.1, 0.15) is 33.6 Å². The molecular weight excluding hydrogens is 196 g/mol. The molecule has 0 bridgehead atoms. The Balaban J connectivity index is 2.23. The zero-order valence-electron chi connectivity index (χ0n) is 9.77. The first-order valence-electron chi connectivity index (χ1n) is 5.55. The van der Waals surface area contributed by atoms with Crippen molar-refractivity contribution in [3.8, 4) is 0 Å². The van der Waals surface area contributed by atoms with E-state index in [1.807, 2.05) is 13.8 Å². The van der Waals surface area contributed by atoms with Gasteiger partial charge in [-0.2, -0.15) is 0 Å². The largest absolute Gasteiger partial charge is 0.391 e. The van der Waals surface area contributed by atoms with Crippen LogP contribution in [0.2, 0.25) is 0 Å². The summed E-state index contributed by atoms with van der Waals surface area (Å²) in [4.78, 5) is 0. The topological polar surface area (TPSA) is 58.9 Å². The third-order valence-corrected chi connectivity index (χ3v) is 2.43. The summed E-state index contributed by atoms with van der Waals surface area (Å²) in [6.45, 7) is 6.46. The molecule has 1 rings (SSSR count). The van der Waals surface area contributed by atoms with Crippen LogP contribution in [0.3, 0.4) is 0 Å². The Labute approximate surface area is 91.2 Å². The Hall–Kier alpha value is -0.160. The lowest BCUT2D eigenvalue weighted by atomic mass is 10.0. The van der Waals surface area contributed by atoms with Crippen LogP contribution < -0.4 is 0 Å². The number of aliphatic hydroxyl groups excluding tert-OH is 1. The van der Waals surface area contributed by atoms with Crippen molar-refractivity contribution in [1.29, 1.82) is 0 Å². The lowest BCUT2D eigenvalue weighted by molar-refractivity contribution is -0.212. The Bertz CT molecular complexity index is 191. The van der Waals surface area contributed by atoms with Crippen LogP contribution in [0.15, 0.2) is 0 Å². The molecule has 15 heavy (non-hydrogen) atoms. The number of aliphatic hydroxyl groups is 2. The van der Waals surface area contributed by atoms with Gasteiger partial charge >= 0.3 is 0 Å². The molecular formula is C11H22O4. The Morgan fingerprint density at radius 2 is 2.20 bits per heavy atom. The maximum absolute atomic E-state index is 9.87. The molecule has 2 N–H and O–H groups in total. The van der Waals surface area contributed by atoms with E-state index in [9.17, 15) is 10.2 Å². The first-order valence-corrected chi connectivity index (χ1v) is 5.55. The first-order chi connectivity index (χ1) is 6.89. The summed E-state index contributed by atoms with van der Waals surface area (Å²) in [5, 5.41) is 19.1. The van der Waals surface area contributed by atoms with Crippen molar-refractivity contribution < 1.29 is 19.7 Å². The van der Waals surface area contributed by atoms with Gasteiger partial charge in [0.1, 0.15) is 0 Å². The molecule has 1 fully saturated rings. The summed E-state index contributed by atoms with van der Waals surface area (Å²) >= 11 is 0. The van der Waals surface area contributed by atoms with Gasteiger partial charge in [-0.1, -0.05) is 13.8 Å². The smallest absolute Gasteiger partial charge is 0.162 e. The van der Waals surface area contributed by atoms with Gasteiger partial charge in [-0.25, -0.2) is 0 Å². The second-order valence-electron chi connectivity index (χ2n) is 4.93. The van der Waals surface area contributed by atoms with Gasteiger partial charge in [0, 0.05) is 12.8 Å². The van der Waals surface area contributed by atoms with Gasteiger partial charge in [0.15, 0.2) is 5.79 Å². The minimum absolute atomic E-state index is 0.0846. The van der Waals surface area contributed by atoms with Crippen LogP contribution in [0.4, 0.5) is 0 Å². The highest BCUT2D eigenvalue weighted by atomic mass is 16.6. The molecule has 1 heterocycles. The van der Waals surface area contributed by atoms with Gasteiger partial charge < -0.3 is 19.7 Å². The van der Waals surface area contributed by atoms with Crippen molar-refractivity contribution >= 4 is 0 Å². The molecule has 1 aliphatic rings. The summed E-state index contributed by atoms with van der Waals surface area (Å²) in [6, 6.07) is 0. The molecule has 0 radical (unpaired) electrons. The predicted octanol–water partition coefficient (Wildman–Crippen LogP) is 0.907. The molecule has 4 heteroatoms. The van der Waals surface area contributed by atoms with Crippen LogP contribution in [-0.4, -0.2) is 41.4 Å². The molecule has 4 nitrogen and oxygen atoms in total. The zero-order valence-corrected chi connectivity index (χ0v) is 9.77. The molecule has 0 aromatic carbocycles. The molecule has 90 valence electrons. The maximum Gasteiger partial charge on any atom is 0.162 e. The van der Waals surface area contributed by atoms with E-state index in [1.54, 1.807) is 6.92 Å². The van der Waals surface area contributed by atoms with E-state index in [1.165, 1.54) is 0 Å². The number of ether oxygens (including phenoxy) is 2. The van der Waals surface area contributed by atoms with E-state index in [2.05, 4.69) is 0 Å². The lowest BCUT2D eigenvalue weighted by Crippen LogP contribution is -2.33. The molecule has 0 spiro atoms. The fourth-order valence-electron chi connectivity index (χ4n) is 1.89. The molecule has 1 aliphatic heterocycles. The first kappa shape index (κ1) is 12.9. The highest BCUT2D eigenvalue weighted by molar-refractivity contribution is 4.73. The average Bonchev–Trinajstić information content (AvgIpc) is 2.46. The van der Waals surface area contributed by atoms with Crippen LogP contribution in [0.25, 0.3) is 0 Å². The van der Waals surface area contributed by atoms with Gasteiger partial charge in [-0.15, -0.1) is 0 Å². The SMILES string of the molecule is CC(C)CC(C)(O)OC[C@H]1C[C@H](O)CO1. The van der Waals surface area contributed by atoms with Gasteiger partial charge in [0.05, 0.1) is 25.4 Å².